The molecule has 2 aromatic rings. The number of hydrogen-bond acceptors (Lipinski definition) is 14. The fraction of sp³-hybridized carbons (Fsp3) is 0.687. The van der Waals surface area contributed by atoms with Crippen molar-refractivity contribution in [3.63, 3.8) is 0 Å². The number of Topliss-reactive ketones (excluding diaryl/α,β-unsaturated/α-hetero) is 1. The van der Waals surface area contributed by atoms with Crippen molar-refractivity contribution in [2.75, 3.05) is 78.6 Å². The molecule has 15 heteroatoms. The van der Waals surface area contributed by atoms with E-state index in [4.69, 9.17) is 38.0 Å². The zero-order chi connectivity index (χ0) is 63.2. The van der Waals surface area contributed by atoms with Crippen molar-refractivity contribution < 1.29 is 52.4 Å². The number of rotatable bonds is 34. The number of primary amides is 1. The van der Waals surface area contributed by atoms with Crippen LogP contribution in [0.1, 0.15) is 190 Å². The highest BCUT2D eigenvalue weighted by Gasteiger charge is 2.45. The molecule has 2 aromatic carbocycles. The number of hydrogen-bond donors (Lipinski definition) is 1. The van der Waals surface area contributed by atoms with Crippen LogP contribution in [0.3, 0.4) is 0 Å². The Morgan fingerprint density at radius 2 is 1.07 bits per heavy atom. The summed E-state index contributed by atoms with van der Waals surface area (Å²) in [5, 5.41) is 0. The third-order valence-electron chi connectivity index (χ3n) is 15.3. The van der Waals surface area contributed by atoms with Crippen LogP contribution in [0, 0.1) is 12.3 Å². The number of ketones is 1. The van der Waals surface area contributed by atoms with Crippen molar-refractivity contribution in [3.05, 3.63) is 90.5 Å². The summed E-state index contributed by atoms with van der Waals surface area (Å²) < 4.78 is 37.3. The fourth-order valence-corrected chi connectivity index (χ4v) is 10.7. The summed E-state index contributed by atoms with van der Waals surface area (Å²) in [5.41, 5.74) is 4.35. The molecule has 0 aromatic heterocycles. The average Bonchev–Trinajstić information content (AvgIpc) is 3.39. The van der Waals surface area contributed by atoms with Gasteiger partial charge >= 0.3 is 11.9 Å². The summed E-state index contributed by atoms with van der Waals surface area (Å²) in [7, 11) is 5.75. The van der Waals surface area contributed by atoms with Crippen molar-refractivity contribution in [2.24, 2.45) is 11.1 Å². The smallest absolute Gasteiger partial charge is 0.330 e. The minimum atomic E-state index is -0.708. The molecule has 468 valence electrons. The molecule has 0 radical (unpaired) electrons. The van der Waals surface area contributed by atoms with E-state index in [1.807, 2.05) is 67.8 Å². The number of nitrogens with two attached hydrogens (primary N) is 1. The molecule has 82 heavy (non-hydrogen) atoms. The maximum absolute atomic E-state index is 14.2. The Kier molecular flexibility index (Phi) is 34.1. The van der Waals surface area contributed by atoms with Gasteiger partial charge in [-0.25, -0.2) is 4.79 Å². The molecule has 2 unspecified atom stereocenters. The lowest BCUT2D eigenvalue weighted by Gasteiger charge is -2.47. The van der Waals surface area contributed by atoms with Crippen LogP contribution in [0.4, 0.5) is 5.69 Å². The molecule has 2 atom stereocenters. The molecule has 0 saturated carbocycles. The van der Waals surface area contributed by atoms with E-state index in [0.717, 1.165) is 75.1 Å². The molecule has 2 N–H and O–H groups in total. The molecule has 1 aliphatic heterocycles. The van der Waals surface area contributed by atoms with Crippen molar-refractivity contribution in [3.8, 4) is 0 Å². The first-order valence-corrected chi connectivity index (χ1v) is 29.7. The number of anilines is 1. The molecule has 0 spiro atoms. The van der Waals surface area contributed by atoms with E-state index < -0.39 is 39.5 Å². The van der Waals surface area contributed by atoms with E-state index in [2.05, 4.69) is 146 Å². The number of benzene rings is 2. The second kappa shape index (κ2) is 36.2. The molecule has 0 bridgehead atoms. The van der Waals surface area contributed by atoms with Gasteiger partial charge in [-0.1, -0.05) is 77.1 Å². The van der Waals surface area contributed by atoms with Gasteiger partial charge in [-0.3, -0.25) is 29.0 Å². The van der Waals surface area contributed by atoms with Crippen LogP contribution in [0.2, 0.25) is 0 Å². The van der Waals surface area contributed by atoms with E-state index in [9.17, 15) is 14.4 Å². The monoisotopic (exact) mass is 1150 g/mol. The van der Waals surface area contributed by atoms with E-state index in [0.29, 0.717) is 64.8 Å². The van der Waals surface area contributed by atoms with Gasteiger partial charge in [0, 0.05) is 70.0 Å². The van der Waals surface area contributed by atoms with Gasteiger partial charge in [0.2, 0.25) is 6.41 Å². The largest absolute Gasteiger partial charge is 0.460 e. The molecule has 0 aliphatic carbocycles. The summed E-state index contributed by atoms with van der Waals surface area (Å²) in [6.45, 7) is 47.3. The third-order valence-corrected chi connectivity index (χ3v) is 15.3. The highest BCUT2D eigenvalue weighted by atomic mass is 16.6. The molecule has 1 amide bonds. The Balaban J connectivity index is 0.00000681. The highest BCUT2D eigenvalue weighted by Crippen LogP contribution is 2.48. The number of piperazine rings is 1. The van der Waals surface area contributed by atoms with Gasteiger partial charge in [-0.05, 0) is 184 Å². The van der Waals surface area contributed by atoms with Crippen molar-refractivity contribution in [1.29, 1.82) is 0 Å². The zero-order valence-electron chi connectivity index (χ0n) is 55.0. The summed E-state index contributed by atoms with van der Waals surface area (Å²) in [5.74, 6) is -0.509. The van der Waals surface area contributed by atoms with Crippen molar-refractivity contribution >= 4 is 36.1 Å². The molecule has 1 heterocycles. The average molecular weight is 1150 g/mol. The fourth-order valence-electron chi connectivity index (χ4n) is 10.7. The summed E-state index contributed by atoms with van der Waals surface area (Å²) in [4.78, 5) is 63.9. The Morgan fingerprint density at radius 3 is 1.45 bits per heavy atom. The standard InChI is InChI=1S/C61H101N3O9.C3H4O.C2H6.CH3NO/c1-20-51(65)72-55(7,8)33-41-70-58(13,14)45-60(21-2,44-57(11,12)69-40-32-54(5,6)68-19)46-59(15,16)71-42-34-56(9,10)73-52(66)31-35-63-36-38-64(39-37-63)50-29-27-49(28-30-50)53(67)61(22-3,62(17)18)43-48-25-23-47(4)24-26-48;1-2-3-4;1-2;2-1-3/h20,23-30H,1,21-22,31-46H2,2-19H3;2-3H,1H2;1-2H3;1H,(H2,2,3). The van der Waals surface area contributed by atoms with Gasteiger partial charge < -0.3 is 39.1 Å². The first-order valence-electron chi connectivity index (χ1n) is 29.7. The second-order valence-electron chi connectivity index (χ2n) is 25.4. The van der Waals surface area contributed by atoms with Gasteiger partial charge in [0.1, 0.15) is 17.5 Å². The van der Waals surface area contributed by atoms with Gasteiger partial charge in [-0.15, -0.1) is 0 Å². The van der Waals surface area contributed by atoms with Crippen molar-refractivity contribution in [1.82, 2.24) is 9.80 Å². The number of nitrogens with zero attached hydrogens (tertiary/aromatic N) is 3. The van der Waals surface area contributed by atoms with Crippen LogP contribution in [0.15, 0.2) is 73.8 Å². The van der Waals surface area contributed by atoms with Crippen LogP contribution >= 0.6 is 0 Å². The Labute approximate surface area is 497 Å². The third kappa shape index (κ3) is 29.2. The van der Waals surface area contributed by atoms with Crippen molar-refractivity contribution in [2.45, 2.75) is 221 Å². The number of carbonyl (C=O) groups excluding carboxylic acids is 5. The predicted octanol–water partition coefficient (Wildman–Crippen LogP) is 12.5. The maximum atomic E-state index is 14.2. The summed E-state index contributed by atoms with van der Waals surface area (Å²) in [6, 6.07) is 16.6. The van der Waals surface area contributed by atoms with Gasteiger partial charge in [0.25, 0.3) is 0 Å². The number of carbonyl (C=O) groups is 5. The number of aldehydes is 1. The van der Waals surface area contributed by atoms with Gasteiger partial charge in [-0.2, -0.15) is 0 Å². The lowest BCUT2D eigenvalue weighted by atomic mass is 9.65. The van der Waals surface area contributed by atoms with E-state index in [-0.39, 0.29) is 29.2 Å². The summed E-state index contributed by atoms with van der Waals surface area (Å²) >= 11 is 0. The molecule has 3 rings (SSSR count). The molecular weight excluding hydrogens is 1040 g/mol. The predicted molar refractivity (Wildman–Crippen MR) is 336 cm³/mol. The lowest BCUT2D eigenvalue weighted by molar-refractivity contribution is -0.160. The Morgan fingerprint density at radius 1 is 0.646 bits per heavy atom. The highest BCUT2D eigenvalue weighted by molar-refractivity contribution is 6.03. The number of allylic oxidation sites excluding steroid dienone is 1. The van der Waals surface area contributed by atoms with Crippen LogP contribution in [-0.4, -0.2) is 153 Å². The van der Waals surface area contributed by atoms with E-state index in [1.54, 1.807) is 7.11 Å². The molecule has 1 saturated heterocycles. The molecule has 15 nitrogen and oxygen atoms in total. The first-order chi connectivity index (χ1) is 38.1. The van der Waals surface area contributed by atoms with E-state index in [1.165, 1.54) is 17.7 Å². The number of aryl methyl sites for hydroxylation is 1. The number of esters is 2. The van der Waals surface area contributed by atoms with Crippen LogP contribution in [0.25, 0.3) is 0 Å². The first kappa shape index (κ1) is 77.2. The van der Waals surface area contributed by atoms with Gasteiger partial charge in [0.05, 0.1) is 54.2 Å². The number of methoxy groups -OCH3 is 1. The molecular formula is C67H114N4O11. The zero-order valence-corrected chi connectivity index (χ0v) is 55.0. The number of amides is 1. The minimum Gasteiger partial charge on any atom is -0.460 e. The SMILES string of the molecule is C=CC(=O)OC(C)(C)CCOC(C)(C)CC(CC)(CC(C)(C)OCCC(C)(C)OC)CC(C)(C)OCCC(C)(C)OC(=O)CCN1CCN(c2ccc(C(=O)C(CC)(Cc3ccc(C)cc3)N(C)C)cc2)CC1.C=CC=O.CC.NC=O. The van der Waals surface area contributed by atoms with Crippen LogP contribution < -0.4 is 10.6 Å². The second-order valence-corrected chi connectivity index (χ2v) is 25.4. The van der Waals surface area contributed by atoms with Gasteiger partial charge in [0.15, 0.2) is 5.78 Å². The minimum absolute atomic E-state index is 0.143. The normalized spacial score (nSPS) is 14.9. The van der Waals surface area contributed by atoms with E-state index >= 15 is 0 Å². The topological polar surface area (TPSA) is 176 Å². The Hall–Kier alpha value is -4.77. The maximum Gasteiger partial charge on any atom is 0.330 e. The Bertz CT molecular complexity index is 2190. The molecule has 1 aliphatic rings. The molecule has 1 fully saturated rings. The number of ether oxygens (including phenoxy) is 6. The lowest BCUT2D eigenvalue weighted by Crippen LogP contribution is -2.52. The summed E-state index contributed by atoms with van der Waals surface area (Å²) in [6.07, 6.45) is 9.99. The quantitative estimate of drug-likeness (QED) is 0.0303. The van der Waals surface area contributed by atoms with Crippen LogP contribution in [-0.2, 0) is 54.0 Å². The number of likely N-dealkylation sites (N-methyl/N-ethyl adjacent to an activating group) is 1. The van der Waals surface area contributed by atoms with Crippen LogP contribution in [0.5, 0.6) is 0 Å².